The first-order chi connectivity index (χ1) is 8.79. The summed E-state index contributed by atoms with van der Waals surface area (Å²) in [5.41, 5.74) is 3.25. The molecule has 3 nitrogen and oxygen atoms in total. The van der Waals surface area contributed by atoms with Gasteiger partial charge in [-0.3, -0.25) is 4.98 Å². The molecule has 0 radical (unpaired) electrons. The molecule has 3 rings (SSSR count). The minimum absolute atomic E-state index is 0.0980. The summed E-state index contributed by atoms with van der Waals surface area (Å²) >= 11 is 0. The average molecular weight is 241 g/mol. The van der Waals surface area contributed by atoms with Gasteiger partial charge >= 0.3 is 0 Å². The third-order valence-corrected chi connectivity index (χ3v) is 3.60. The number of aromatic nitrogens is 1. The molecular formula is C15H15NO2. The zero-order valence-corrected chi connectivity index (χ0v) is 10.2. The Labute approximate surface area is 106 Å². The summed E-state index contributed by atoms with van der Waals surface area (Å²) in [6, 6.07) is 9.79. The molecule has 2 aromatic rings. The van der Waals surface area contributed by atoms with Gasteiger partial charge in [0.2, 0.25) is 0 Å². The fourth-order valence-electron chi connectivity index (χ4n) is 2.64. The SMILES string of the molecule is COc1ccc2c(c1)CC(c1cccnc1)C2O. The van der Waals surface area contributed by atoms with Crippen molar-refractivity contribution in [3.05, 3.63) is 59.4 Å². The van der Waals surface area contributed by atoms with Gasteiger partial charge in [0.25, 0.3) is 0 Å². The molecule has 0 bridgehead atoms. The lowest BCUT2D eigenvalue weighted by molar-refractivity contribution is 0.158. The van der Waals surface area contributed by atoms with Crippen molar-refractivity contribution in [3.8, 4) is 5.75 Å². The van der Waals surface area contributed by atoms with E-state index in [2.05, 4.69) is 4.98 Å². The highest BCUT2D eigenvalue weighted by Gasteiger charge is 2.32. The summed E-state index contributed by atoms with van der Waals surface area (Å²) in [6.07, 6.45) is 3.97. The van der Waals surface area contributed by atoms with Crippen LogP contribution in [0, 0.1) is 0 Å². The lowest BCUT2D eigenvalue weighted by Gasteiger charge is -2.14. The van der Waals surface area contributed by atoms with Gasteiger partial charge in [-0.25, -0.2) is 0 Å². The van der Waals surface area contributed by atoms with Crippen LogP contribution in [0.25, 0.3) is 0 Å². The van der Waals surface area contributed by atoms with Gasteiger partial charge in [-0.2, -0.15) is 0 Å². The van der Waals surface area contributed by atoms with Crippen molar-refractivity contribution in [2.24, 2.45) is 0 Å². The lowest BCUT2D eigenvalue weighted by atomic mass is 9.96. The molecule has 0 saturated carbocycles. The Balaban J connectivity index is 1.96. The maximum atomic E-state index is 10.4. The van der Waals surface area contributed by atoms with E-state index in [-0.39, 0.29) is 5.92 Å². The van der Waals surface area contributed by atoms with Gasteiger partial charge in [-0.1, -0.05) is 12.1 Å². The van der Waals surface area contributed by atoms with Crippen LogP contribution in [0.15, 0.2) is 42.7 Å². The van der Waals surface area contributed by atoms with Crippen LogP contribution in [0.3, 0.4) is 0 Å². The minimum atomic E-state index is -0.449. The van der Waals surface area contributed by atoms with Crippen molar-refractivity contribution in [2.45, 2.75) is 18.4 Å². The van der Waals surface area contributed by atoms with E-state index in [0.29, 0.717) is 0 Å². The Morgan fingerprint density at radius 3 is 2.94 bits per heavy atom. The van der Waals surface area contributed by atoms with Crippen LogP contribution >= 0.6 is 0 Å². The number of pyridine rings is 1. The van der Waals surface area contributed by atoms with E-state index in [1.807, 2.05) is 36.5 Å². The molecule has 0 spiro atoms. The first kappa shape index (κ1) is 11.2. The molecule has 1 aliphatic rings. The zero-order chi connectivity index (χ0) is 12.5. The van der Waals surface area contributed by atoms with Gasteiger partial charge in [-0.15, -0.1) is 0 Å². The first-order valence-electron chi connectivity index (χ1n) is 6.04. The summed E-state index contributed by atoms with van der Waals surface area (Å²) < 4.78 is 5.22. The van der Waals surface area contributed by atoms with Gasteiger partial charge in [0.15, 0.2) is 0 Å². The lowest BCUT2D eigenvalue weighted by Crippen LogP contribution is -2.05. The number of methoxy groups -OCH3 is 1. The second-order valence-corrected chi connectivity index (χ2v) is 4.61. The number of hydrogen-bond acceptors (Lipinski definition) is 3. The normalized spacial score (nSPS) is 21.7. The van der Waals surface area contributed by atoms with Crippen molar-refractivity contribution in [1.82, 2.24) is 4.98 Å². The van der Waals surface area contributed by atoms with Gasteiger partial charge in [0.1, 0.15) is 5.75 Å². The molecule has 2 atom stereocenters. The Bertz CT molecular complexity index is 554. The predicted octanol–water partition coefficient (Wildman–Crippen LogP) is 2.46. The topological polar surface area (TPSA) is 42.4 Å². The van der Waals surface area contributed by atoms with Crippen molar-refractivity contribution in [2.75, 3.05) is 7.11 Å². The first-order valence-corrected chi connectivity index (χ1v) is 6.04. The van der Waals surface area contributed by atoms with E-state index in [0.717, 1.165) is 28.9 Å². The van der Waals surface area contributed by atoms with Crippen molar-refractivity contribution >= 4 is 0 Å². The van der Waals surface area contributed by atoms with Gasteiger partial charge in [0, 0.05) is 18.3 Å². The molecule has 1 N–H and O–H groups in total. The maximum absolute atomic E-state index is 10.4. The molecule has 0 saturated heterocycles. The van der Waals surface area contributed by atoms with Gasteiger partial charge < -0.3 is 9.84 Å². The molecule has 1 aromatic carbocycles. The number of aliphatic hydroxyl groups excluding tert-OH is 1. The van der Waals surface area contributed by atoms with Crippen molar-refractivity contribution < 1.29 is 9.84 Å². The van der Waals surface area contributed by atoms with Crippen LogP contribution in [0.4, 0.5) is 0 Å². The Morgan fingerprint density at radius 2 is 2.22 bits per heavy atom. The van der Waals surface area contributed by atoms with Crippen LogP contribution in [0.2, 0.25) is 0 Å². The number of aliphatic hydroxyl groups is 1. The molecule has 3 heteroatoms. The summed E-state index contributed by atoms with van der Waals surface area (Å²) in [4.78, 5) is 4.12. The quantitative estimate of drug-likeness (QED) is 0.878. The fourth-order valence-corrected chi connectivity index (χ4v) is 2.64. The van der Waals surface area contributed by atoms with E-state index < -0.39 is 6.10 Å². The highest BCUT2D eigenvalue weighted by atomic mass is 16.5. The van der Waals surface area contributed by atoms with Crippen LogP contribution in [0.5, 0.6) is 5.75 Å². The monoisotopic (exact) mass is 241 g/mol. The van der Waals surface area contributed by atoms with E-state index in [1.165, 1.54) is 0 Å². The third kappa shape index (κ3) is 1.77. The number of nitrogens with zero attached hydrogens (tertiary/aromatic N) is 1. The third-order valence-electron chi connectivity index (χ3n) is 3.60. The summed E-state index contributed by atoms with van der Waals surface area (Å²) in [6.45, 7) is 0. The van der Waals surface area contributed by atoms with Gasteiger partial charge in [0.05, 0.1) is 13.2 Å². The van der Waals surface area contributed by atoms with E-state index in [1.54, 1.807) is 13.3 Å². The van der Waals surface area contributed by atoms with Crippen LogP contribution in [-0.2, 0) is 6.42 Å². The molecular weight excluding hydrogens is 226 g/mol. The summed E-state index contributed by atoms with van der Waals surface area (Å²) in [7, 11) is 1.66. The minimum Gasteiger partial charge on any atom is -0.497 e. The molecule has 1 aliphatic carbocycles. The second-order valence-electron chi connectivity index (χ2n) is 4.61. The Hall–Kier alpha value is -1.87. The zero-order valence-electron chi connectivity index (χ0n) is 10.2. The summed E-state index contributed by atoms with van der Waals surface area (Å²) in [5, 5.41) is 10.4. The van der Waals surface area contributed by atoms with E-state index in [4.69, 9.17) is 4.74 Å². The van der Waals surface area contributed by atoms with E-state index in [9.17, 15) is 5.11 Å². The second kappa shape index (κ2) is 4.42. The smallest absolute Gasteiger partial charge is 0.119 e. The fraction of sp³-hybridized carbons (Fsp3) is 0.267. The number of fused-ring (bicyclic) bond motifs is 1. The standard InChI is InChI=1S/C15H15NO2/c1-18-12-4-5-13-11(7-12)8-14(15(13)17)10-3-2-6-16-9-10/h2-7,9,14-15,17H,8H2,1H3. The highest BCUT2D eigenvalue weighted by molar-refractivity contribution is 5.43. The number of ether oxygens (including phenoxy) is 1. The van der Waals surface area contributed by atoms with Crippen molar-refractivity contribution in [3.63, 3.8) is 0 Å². The Morgan fingerprint density at radius 1 is 1.33 bits per heavy atom. The Kier molecular flexibility index (Phi) is 2.76. The highest BCUT2D eigenvalue weighted by Crippen LogP contribution is 2.43. The average Bonchev–Trinajstić information content (AvgIpc) is 2.76. The molecule has 0 amide bonds. The van der Waals surface area contributed by atoms with Crippen LogP contribution < -0.4 is 4.74 Å². The van der Waals surface area contributed by atoms with Crippen LogP contribution in [-0.4, -0.2) is 17.2 Å². The summed E-state index contributed by atoms with van der Waals surface area (Å²) in [5.74, 6) is 0.939. The largest absolute Gasteiger partial charge is 0.497 e. The van der Waals surface area contributed by atoms with Crippen molar-refractivity contribution in [1.29, 1.82) is 0 Å². The number of benzene rings is 1. The van der Waals surface area contributed by atoms with E-state index >= 15 is 0 Å². The maximum Gasteiger partial charge on any atom is 0.119 e. The molecule has 2 unspecified atom stereocenters. The number of rotatable bonds is 2. The molecule has 0 aliphatic heterocycles. The number of hydrogen-bond donors (Lipinski definition) is 1. The molecule has 92 valence electrons. The van der Waals surface area contributed by atoms with Gasteiger partial charge in [-0.05, 0) is 41.3 Å². The predicted molar refractivity (Wildman–Crippen MR) is 68.6 cm³/mol. The molecule has 1 heterocycles. The molecule has 0 fully saturated rings. The molecule has 18 heavy (non-hydrogen) atoms. The van der Waals surface area contributed by atoms with Crippen LogP contribution in [0.1, 0.15) is 28.7 Å². The molecule has 1 aromatic heterocycles.